The molecule has 3 aromatic rings. The summed E-state index contributed by atoms with van der Waals surface area (Å²) in [4.78, 5) is 19.4. The van der Waals surface area contributed by atoms with Gasteiger partial charge in [0.2, 0.25) is 21.9 Å². The Kier molecular flexibility index (Phi) is 5.36. The number of H-pyrrole nitrogens is 1. The van der Waals surface area contributed by atoms with Crippen LogP contribution in [0.4, 0.5) is 5.95 Å². The van der Waals surface area contributed by atoms with Crippen molar-refractivity contribution in [2.45, 2.75) is 17.7 Å². The third-order valence-electron chi connectivity index (χ3n) is 4.32. The fraction of sp³-hybridized carbons (Fsp3) is 0.263. The van der Waals surface area contributed by atoms with E-state index in [0.717, 1.165) is 17.5 Å². The van der Waals surface area contributed by atoms with E-state index in [1.807, 2.05) is 24.3 Å². The maximum atomic E-state index is 12.5. The van der Waals surface area contributed by atoms with Crippen molar-refractivity contribution in [2.24, 2.45) is 0 Å². The fourth-order valence-electron chi connectivity index (χ4n) is 2.90. The predicted octanol–water partition coefficient (Wildman–Crippen LogP) is 2.03. The molecular formula is C19H20N4O5S. The highest BCUT2D eigenvalue weighted by Crippen LogP contribution is 2.31. The molecule has 0 saturated carbocycles. The van der Waals surface area contributed by atoms with Gasteiger partial charge in [0.25, 0.3) is 0 Å². The summed E-state index contributed by atoms with van der Waals surface area (Å²) in [6, 6.07) is 11.8. The van der Waals surface area contributed by atoms with Crippen LogP contribution in [-0.2, 0) is 14.8 Å². The molecular weight excluding hydrogens is 396 g/mol. The maximum Gasteiger partial charge on any atom is 0.240 e. The molecule has 3 N–H and O–H groups in total. The number of sulfonamides is 1. The smallest absolute Gasteiger partial charge is 0.240 e. The van der Waals surface area contributed by atoms with Crippen LogP contribution in [0.5, 0.6) is 11.5 Å². The zero-order valence-electron chi connectivity index (χ0n) is 15.5. The zero-order valence-corrected chi connectivity index (χ0v) is 16.3. The number of fused-ring (bicyclic) bond motifs is 2. The monoisotopic (exact) mass is 416 g/mol. The molecule has 1 aromatic heterocycles. The van der Waals surface area contributed by atoms with E-state index in [-0.39, 0.29) is 23.8 Å². The summed E-state index contributed by atoms with van der Waals surface area (Å²) in [6.07, 6.45) is 0.691. The Bertz CT molecular complexity index is 1110. The van der Waals surface area contributed by atoms with Crippen molar-refractivity contribution in [3.05, 3.63) is 42.5 Å². The minimum absolute atomic E-state index is 0.0408. The fourth-order valence-corrected chi connectivity index (χ4v) is 3.95. The van der Waals surface area contributed by atoms with Crippen molar-refractivity contribution in [1.82, 2.24) is 14.7 Å². The van der Waals surface area contributed by atoms with Gasteiger partial charge >= 0.3 is 0 Å². The van der Waals surface area contributed by atoms with Crippen LogP contribution in [0.2, 0.25) is 0 Å². The molecule has 0 fully saturated rings. The summed E-state index contributed by atoms with van der Waals surface area (Å²) in [5.41, 5.74) is 1.54. The molecule has 2 heterocycles. The highest BCUT2D eigenvalue weighted by Gasteiger charge is 2.19. The summed E-state index contributed by atoms with van der Waals surface area (Å²) in [6.45, 7) is 0.937. The Morgan fingerprint density at radius 1 is 1.10 bits per heavy atom. The summed E-state index contributed by atoms with van der Waals surface area (Å²) >= 11 is 0. The number of anilines is 1. The lowest BCUT2D eigenvalue weighted by atomic mass is 10.3. The van der Waals surface area contributed by atoms with Crippen LogP contribution in [-0.4, -0.2) is 44.1 Å². The highest BCUT2D eigenvalue weighted by molar-refractivity contribution is 7.89. The topological polar surface area (TPSA) is 122 Å². The second-order valence-corrected chi connectivity index (χ2v) is 8.22. The average Bonchev–Trinajstić information content (AvgIpc) is 2.95. The number of nitrogens with one attached hydrogen (secondary N) is 3. The number of hydrogen-bond donors (Lipinski definition) is 3. The van der Waals surface area contributed by atoms with E-state index in [4.69, 9.17) is 9.47 Å². The van der Waals surface area contributed by atoms with Crippen LogP contribution < -0.4 is 19.5 Å². The van der Waals surface area contributed by atoms with E-state index in [1.54, 1.807) is 6.07 Å². The quantitative estimate of drug-likeness (QED) is 0.565. The third kappa shape index (κ3) is 4.49. The summed E-state index contributed by atoms with van der Waals surface area (Å²) in [5, 5.41) is 2.63. The number of benzene rings is 2. The molecule has 152 valence electrons. The summed E-state index contributed by atoms with van der Waals surface area (Å²) in [7, 11) is -3.78. The van der Waals surface area contributed by atoms with Crippen LogP contribution in [0, 0.1) is 0 Å². The Labute approximate surface area is 167 Å². The minimum Gasteiger partial charge on any atom is -0.490 e. The van der Waals surface area contributed by atoms with E-state index in [1.165, 1.54) is 12.1 Å². The molecule has 9 nitrogen and oxygen atoms in total. The molecule has 0 saturated heterocycles. The summed E-state index contributed by atoms with van der Waals surface area (Å²) in [5.74, 6) is 0.882. The first kappa shape index (κ1) is 19.2. The zero-order chi connectivity index (χ0) is 20.3. The Balaban J connectivity index is 1.34. The molecule has 0 spiro atoms. The molecule has 0 aliphatic carbocycles. The average molecular weight is 416 g/mol. The lowest BCUT2D eigenvalue weighted by Gasteiger charge is -2.10. The molecule has 0 radical (unpaired) electrons. The van der Waals surface area contributed by atoms with Crippen LogP contribution >= 0.6 is 0 Å². The highest BCUT2D eigenvalue weighted by atomic mass is 32.2. The van der Waals surface area contributed by atoms with Crippen molar-refractivity contribution < 1.29 is 22.7 Å². The van der Waals surface area contributed by atoms with E-state index in [0.29, 0.717) is 30.7 Å². The van der Waals surface area contributed by atoms with E-state index >= 15 is 0 Å². The van der Waals surface area contributed by atoms with Crippen LogP contribution in [0.15, 0.2) is 47.4 Å². The number of rotatable bonds is 6. The number of aromatic amines is 1. The summed E-state index contributed by atoms with van der Waals surface area (Å²) < 4.78 is 38.5. The van der Waals surface area contributed by atoms with Gasteiger partial charge in [0.15, 0.2) is 11.5 Å². The first-order chi connectivity index (χ1) is 14.0. The molecule has 4 rings (SSSR count). The van der Waals surface area contributed by atoms with Crippen LogP contribution in [0.1, 0.15) is 12.8 Å². The van der Waals surface area contributed by atoms with Gasteiger partial charge in [0.05, 0.1) is 29.1 Å². The lowest BCUT2D eigenvalue weighted by Crippen LogP contribution is -2.28. The number of carbonyl (C=O) groups is 1. The Morgan fingerprint density at radius 2 is 1.90 bits per heavy atom. The number of hydrogen-bond acceptors (Lipinski definition) is 6. The molecule has 10 heteroatoms. The standard InChI is InChI=1S/C19H20N4O5S/c24-18(23-19-21-14-4-1-2-5-15(14)22-19)8-9-20-29(25,26)13-6-7-16-17(12-13)28-11-3-10-27-16/h1-2,4-7,12,20H,3,8-11H2,(H2,21,22,23,24). The van der Waals surface area contributed by atoms with Gasteiger partial charge in [-0.3, -0.25) is 10.1 Å². The third-order valence-corrected chi connectivity index (χ3v) is 5.78. The maximum absolute atomic E-state index is 12.5. The minimum atomic E-state index is -3.78. The second kappa shape index (κ2) is 8.10. The van der Waals surface area contributed by atoms with E-state index < -0.39 is 10.0 Å². The van der Waals surface area contributed by atoms with Gasteiger partial charge in [0, 0.05) is 25.5 Å². The van der Waals surface area contributed by atoms with Crippen molar-refractivity contribution in [1.29, 1.82) is 0 Å². The van der Waals surface area contributed by atoms with Crippen LogP contribution in [0.25, 0.3) is 11.0 Å². The van der Waals surface area contributed by atoms with Gasteiger partial charge in [-0.15, -0.1) is 0 Å². The Hall–Kier alpha value is -3.11. The SMILES string of the molecule is O=C(CCNS(=O)(=O)c1ccc2c(c1)OCCCO2)Nc1nc2ccccc2[nH]1. The van der Waals surface area contributed by atoms with Gasteiger partial charge in [-0.1, -0.05) is 12.1 Å². The molecule has 1 aliphatic rings. The number of aromatic nitrogens is 2. The van der Waals surface area contributed by atoms with Gasteiger partial charge in [-0.2, -0.15) is 0 Å². The molecule has 1 aliphatic heterocycles. The number of para-hydroxylation sites is 2. The molecule has 29 heavy (non-hydrogen) atoms. The molecule has 0 atom stereocenters. The number of ether oxygens (including phenoxy) is 2. The van der Waals surface area contributed by atoms with Gasteiger partial charge in [-0.25, -0.2) is 18.1 Å². The largest absolute Gasteiger partial charge is 0.490 e. The van der Waals surface area contributed by atoms with Crippen LogP contribution in [0.3, 0.4) is 0 Å². The molecule has 1 amide bonds. The number of carbonyl (C=O) groups excluding carboxylic acids is 1. The molecule has 0 unspecified atom stereocenters. The number of imidazole rings is 1. The molecule has 2 aromatic carbocycles. The van der Waals surface area contributed by atoms with Crippen molar-refractivity contribution in [3.8, 4) is 11.5 Å². The second-order valence-electron chi connectivity index (χ2n) is 6.46. The molecule has 0 bridgehead atoms. The van der Waals surface area contributed by atoms with Crippen molar-refractivity contribution in [3.63, 3.8) is 0 Å². The van der Waals surface area contributed by atoms with Crippen molar-refractivity contribution in [2.75, 3.05) is 25.1 Å². The Morgan fingerprint density at radius 3 is 2.72 bits per heavy atom. The first-order valence-corrected chi connectivity index (χ1v) is 10.6. The lowest BCUT2D eigenvalue weighted by molar-refractivity contribution is -0.116. The van der Waals surface area contributed by atoms with E-state index in [9.17, 15) is 13.2 Å². The normalized spacial score (nSPS) is 13.8. The first-order valence-electron chi connectivity index (χ1n) is 9.15. The number of nitrogens with zero attached hydrogens (tertiary/aromatic N) is 1. The van der Waals surface area contributed by atoms with E-state index in [2.05, 4.69) is 20.0 Å². The van der Waals surface area contributed by atoms with Crippen molar-refractivity contribution >= 4 is 32.9 Å². The van der Waals surface area contributed by atoms with Gasteiger partial charge in [0.1, 0.15) is 0 Å². The predicted molar refractivity (Wildman–Crippen MR) is 107 cm³/mol. The number of amides is 1. The van der Waals surface area contributed by atoms with Gasteiger partial charge < -0.3 is 14.5 Å². The van der Waals surface area contributed by atoms with Gasteiger partial charge in [-0.05, 0) is 24.3 Å².